The summed E-state index contributed by atoms with van der Waals surface area (Å²) < 4.78 is 31.1. The summed E-state index contributed by atoms with van der Waals surface area (Å²) in [6.07, 6.45) is -0.183. The molecule has 146 valence electrons. The van der Waals surface area contributed by atoms with Crippen molar-refractivity contribution in [2.45, 2.75) is 25.2 Å². The third kappa shape index (κ3) is 5.43. The topological polar surface area (TPSA) is 104 Å². The minimum absolute atomic E-state index is 0.0497. The number of ether oxygens (including phenoxy) is 1. The second-order valence-electron chi connectivity index (χ2n) is 6.44. The Bertz CT molecular complexity index is 759. The molecule has 0 aliphatic carbocycles. The lowest BCUT2D eigenvalue weighted by atomic mass is 10.1. The molecule has 0 aliphatic heterocycles. The van der Waals surface area contributed by atoms with Crippen molar-refractivity contribution >= 4 is 21.9 Å². The first-order chi connectivity index (χ1) is 12.0. The zero-order valence-corrected chi connectivity index (χ0v) is 16.5. The molecule has 0 aliphatic rings. The average molecular weight is 386 g/mol. The van der Waals surface area contributed by atoms with Crippen LogP contribution in [-0.4, -0.2) is 68.9 Å². The number of carbonyl (C=O) groups excluding carboxylic acids is 1. The van der Waals surface area contributed by atoms with Crippen molar-refractivity contribution in [2.75, 3.05) is 34.3 Å². The van der Waals surface area contributed by atoms with Crippen molar-refractivity contribution in [3.8, 4) is 5.75 Å². The van der Waals surface area contributed by atoms with Gasteiger partial charge in [-0.15, -0.1) is 0 Å². The zero-order chi connectivity index (χ0) is 20.1. The Balaban J connectivity index is 3.31. The normalized spacial score (nSPS) is 11.7. The Morgan fingerprint density at radius 1 is 1.23 bits per heavy atom. The largest absolute Gasteiger partial charge is 0.495 e. The molecule has 0 aromatic heterocycles. The van der Waals surface area contributed by atoms with Crippen LogP contribution in [0.25, 0.3) is 0 Å². The first-order valence-electron chi connectivity index (χ1n) is 8.12. The van der Waals surface area contributed by atoms with E-state index in [2.05, 4.69) is 0 Å². The maximum atomic E-state index is 12.8. The maximum Gasteiger partial charge on any atom is 0.305 e. The van der Waals surface area contributed by atoms with Crippen LogP contribution in [0.2, 0.25) is 0 Å². The third-order valence-corrected chi connectivity index (χ3v) is 5.47. The van der Waals surface area contributed by atoms with Gasteiger partial charge >= 0.3 is 5.97 Å². The predicted molar refractivity (Wildman–Crippen MR) is 96.9 cm³/mol. The number of benzene rings is 1. The van der Waals surface area contributed by atoms with Gasteiger partial charge in [0.2, 0.25) is 10.0 Å². The lowest BCUT2D eigenvalue weighted by Gasteiger charge is -2.24. The number of sulfonamides is 1. The summed E-state index contributed by atoms with van der Waals surface area (Å²) in [7, 11) is 0.324. The Labute approximate surface area is 154 Å². The summed E-state index contributed by atoms with van der Waals surface area (Å²) in [6, 6.07) is 4.17. The molecule has 0 atom stereocenters. The molecule has 0 radical (unpaired) electrons. The number of nitrogens with zero attached hydrogens (tertiary/aromatic N) is 2. The number of hydrogen-bond acceptors (Lipinski definition) is 5. The quantitative estimate of drug-likeness (QED) is 0.690. The van der Waals surface area contributed by atoms with E-state index in [9.17, 15) is 18.0 Å². The fraction of sp³-hybridized carbons (Fsp3) is 0.529. The summed E-state index contributed by atoms with van der Waals surface area (Å²) >= 11 is 0. The highest BCUT2D eigenvalue weighted by molar-refractivity contribution is 7.89. The number of aliphatic carboxylic acids is 1. The highest BCUT2D eigenvalue weighted by Gasteiger charge is 2.25. The van der Waals surface area contributed by atoms with E-state index in [0.717, 1.165) is 4.31 Å². The minimum atomic E-state index is -3.81. The van der Waals surface area contributed by atoms with Crippen LogP contribution in [-0.2, 0) is 14.8 Å². The highest BCUT2D eigenvalue weighted by atomic mass is 32.2. The first kappa shape index (κ1) is 21.9. The number of carbonyl (C=O) groups is 2. The van der Waals surface area contributed by atoms with Gasteiger partial charge in [0.1, 0.15) is 10.6 Å². The number of rotatable bonds is 9. The second kappa shape index (κ2) is 9.00. The van der Waals surface area contributed by atoms with Gasteiger partial charge in [-0.05, 0) is 24.1 Å². The fourth-order valence-electron chi connectivity index (χ4n) is 2.34. The molecule has 0 heterocycles. The molecule has 1 rings (SSSR count). The highest BCUT2D eigenvalue weighted by Crippen LogP contribution is 2.27. The molecule has 8 nitrogen and oxygen atoms in total. The van der Waals surface area contributed by atoms with E-state index >= 15 is 0 Å². The average Bonchev–Trinajstić information content (AvgIpc) is 2.56. The second-order valence-corrected chi connectivity index (χ2v) is 8.56. The number of carboxylic acids is 1. The van der Waals surface area contributed by atoms with Crippen molar-refractivity contribution in [1.82, 2.24) is 9.21 Å². The monoisotopic (exact) mass is 386 g/mol. The van der Waals surface area contributed by atoms with Gasteiger partial charge in [-0.3, -0.25) is 9.59 Å². The van der Waals surface area contributed by atoms with E-state index in [0.29, 0.717) is 6.54 Å². The van der Waals surface area contributed by atoms with Gasteiger partial charge in [0, 0.05) is 32.7 Å². The van der Waals surface area contributed by atoms with E-state index < -0.39 is 21.9 Å². The summed E-state index contributed by atoms with van der Waals surface area (Å²) in [5.41, 5.74) is 0.164. The lowest BCUT2D eigenvalue weighted by Crippen LogP contribution is -2.36. The van der Waals surface area contributed by atoms with E-state index in [-0.39, 0.29) is 35.1 Å². The molecule has 1 amide bonds. The maximum absolute atomic E-state index is 12.8. The smallest absolute Gasteiger partial charge is 0.305 e. The van der Waals surface area contributed by atoms with Crippen LogP contribution in [0.15, 0.2) is 23.1 Å². The van der Waals surface area contributed by atoms with E-state index in [4.69, 9.17) is 9.84 Å². The SMILES string of the molecule is COc1ccc(C(=O)N(CCC(=O)O)CC(C)C)cc1S(=O)(=O)N(C)C. The van der Waals surface area contributed by atoms with Crippen LogP contribution < -0.4 is 4.74 Å². The summed E-state index contributed by atoms with van der Waals surface area (Å²) in [5.74, 6) is -1.15. The first-order valence-corrected chi connectivity index (χ1v) is 9.56. The molecule has 1 aromatic rings. The zero-order valence-electron chi connectivity index (χ0n) is 15.7. The predicted octanol–water partition coefficient (Wildman–Crippen LogP) is 1.52. The number of carboxylic acid groups (broad SMARTS) is 1. The van der Waals surface area contributed by atoms with Crippen LogP contribution >= 0.6 is 0 Å². The van der Waals surface area contributed by atoms with Crippen LogP contribution in [0.3, 0.4) is 0 Å². The molecule has 0 saturated heterocycles. The third-order valence-electron chi connectivity index (χ3n) is 3.64. The molecule has 1 N–H and O–H groups in total. The van der Waals surface area contributed by atoms with Crippen molar-refractivity contribution < 1.29 is 27.9 Å². The minimum Gasteiger partial charge on any atom is -0.495 e. The molecule has 0 fully saturated rings. The van der Waals surface area contributed by atoms with Crippen LogP contribution in [0.1, 0.15) is 30.6 Å². The van der Waals surface area contributed by atoms with E-state index in [1.807, 2.05) is 13.8 Å². The number of hydrogen-bond donors (Lipinski definition) is 1. The van der Waals surface area contributed by atoms with Gasteiger partial charge < -0.3 is 14.7 Å². The molecule has 1 aromatic carbocycles. The van der Waals surface area contributed by atoms with Crippen LogP contribution in [0.5, 0.6) is 5.75 Å². The number of amides is 1. The standard InChI is InChI=1S/C17H26N2O6S/c1-12(2)11-19(9-8-16(20)21)17(22)13-6-7-14(25-5)15(10-13)26(23,24)18(3)4/h6-7,10,12H,8-9,11H2,1-5H3,(H,20,21). The van der Waals surface area contributed by atoms with Crippen molar-refractivity contribution in [1.29, 1.82) is 0 Å². The van der Waals surface area contributed by atoms with Crippen LogP contribution in [0.4, 0.5) is 0 Å². The molecular weight excluding hydrogens is 360 g/mol. The summed E-state index contributed by atoms with van der Waals surface area (Å²) in [4.78, 5) is 25.0. The number of methoxy groups -OCH3 is 1. The Morgan fingerprint density at radius 3 is 2.31 bits per heavy atom. The van der Waals surface area contributed by atoms with Crippen molar-refractivity contribution in [3.05, 3.63) is 23.8 Å². The summed E-state index contributed by atoms with van der Waals surface area (Å²) in [6.45, 7) is 4.25. The van der Waals surface area contributed by atoms with Crippen molar-refractivity contribution in [2.24, 2.45) is 5.92 Å². The fourth-order valence-corrected chi connectivity index (χ4v) is 3.41. The van der Waals surface area contributed by atoms with Gasteiger partial charge in [-0.25, -0.2) is 12.7 Å². The van der Waals surface area contributed by atoms with Gasteiger partial charge in [0.25, 0.3) is 5.91 Å². The molecule has 0 spiro atoms. The van der Waals surface area contributed by atoms with E-state index in [1.165, 1.54) is 44.3 Å². The van der Waals surface area contributed by atoms with Gasteiger partial charge in [0.15, 0.2) is 0 Å². The molecule has 0 saturated carbocycles. The molecule has 9 heteroatoms. The van der Waals surface area contributed by atoms with Gasteiger partial charge in [-0.1, -0.05) is 13.8 Å². The molecule has 0 unspecified atom stereocenters. The van der Waals surface area contributed by atoms with Crippen LogP contribution in [0, 0.1) is 5.92 Å². The van der Waals surface area contributed by atoms with Gasteiger partial charge in [-0.2, -0.15) is 0 Å². The Kier molecular flexibility index (Phi) is 7.58. The Morgan fingerprint density at radius 2 is 1.85 bits per heavy atom. The summed E-state index contributed by atoms with van der Waals surface area (Å²) in [5, 5.41) is 8.89. The molecule has 26 heavy (non-hydrogen) atoms. The lowest BCUT2D eigenvalue weighted by molar-refractivity contribution is -0.137. The molecular formula is C17H26N2O6S. The van der Waals surface area contributed by atoms with E-state index in [1.54, 1.807) is 0 Å². The Hall–Kier alpha value is -2.13. The van der Waals surface area contributed by atoms with Gasteiger partial charge in [0.05, 0.1) is 13.5 Å². The molecule has 0 bridgehead atoms. The van der Waals surface area contributed by atoms with Crippen molar-refractivity contribution in [3.63, 3.8) is 0 Å².